The van der Waals surface area contributed by atoms with Gasteiger partial charge in [0.2, 0.25) is 0 Å². The number of carbonyl (C=O) groups is 1. The molecule has 1 aliphatic carbocycles. The lowest BCUT2D eigenvalue weighted by Crippen LogP contribution is -2.45. The van der Waals surface area contributed by atoms with Crippen LogP contribution in [0.3, 0.4) is 0 Å². The number of ether oxygens (including phenoxy) is 3. The van der Waals surface area contributed by atoms with Gasteiger partial charge in [0.25, 0.3) is 5.91 Å². The number of benzene rings is 1. The van der Waals surface area contributed by atoms with Crippen LogP contribution in [-0.2, 0) is 4.74 Å². The van der Waals surface area contributed by atoms with Gasteiger partial charge in [-0.05, 0) is 68.9 Å². The molecular formula is C23H33NO4. The molecule has 2 aliphatic heterocycles. The van der Waals surface area contributed by atoms with Crippen LogP contribution in [0.15, 0.2) is 18.2 Å². The predicted octanol–water partition coefficient (Wildman–Crippen LogP) is 4.44. The Bertz CT molecular complexity index is 667. The lowest BCUT2D eigenvalue weighted by molar-refractivity contribution is -0.0176. The molecule has 3 fully saturated rings. The second-order valence-electron chi connectivity index (χ2n) is 8.64. The first-order chi connectivity index (χ1) is 13.7. The van der Waals surface area contributed by atoms with Gasteiger partial charge in [-0.25, -0.2) is 0 Å². The molecule has 0 atom stereocenters. The summed E-state index contributed by atoms with van der Waals surface area (Å²) in [6.07, 6.45) is 10.5. The highest BCUT2D eigenvalue weighted by atomic mass is 16.5. The molecule has 5 heteroatoms. The van der Waals surface area contributed by atoms with Crippen LogP contribution in [0, 0.1) is 5.41 Å². The molecule has 0 radical (unpaired) electrons. The number of amides is 1. The molecule has 0 unspecified atom stereocenters. The number of hydrogen-bond acceptors (Lipinski definition) is 4. The highest BCUT2D eigenvalue weighted by Gasteiger charge is 2.37. The normalized spacial score (nSPS) is 22.8. The molecule has 1 aromatic carbocycles. The Morgan fingerprint density at radius 2 is 1.79 bits per heavy atom. The molecule has 2 heterocycles. The largest absolute Gasteiger partial charge is 0.497 e. The van der Waals surface area contributed by atoms with Crippen molar-refractivity contribution in [1.82, 2.24) is 4.90 Å². The van der Waals surface area contributed by atoms with Gasteiger partial charge in [0.1, 0.15) is 11.5 Å². The van der Waals surface area contributed by atoms with Crippen molar-refractivity contribution in [3.8, 4) is 11.5 Å². The minimum absolute atomic E-state index is 0.0929. The Kier molecular flexibility index (Phi) is 6.10. The Hall–Kier alpha value is -1.75. The van der Waals surface area contributed by atoms with Crippen molar-refractivity contribution in [2.45, 2.75) is 63.9 Å². The van der Waals surface area contributed by atoms with Crippen LogP contribution < -0.4 is 9.47 Å². The average Bonchev–Trinajstić information content (AvgIpc) is 2.75. The topological polar surface area (TPSA) is 48.0 Å². The molecule has 0 N–H and O–H groups in total. The molecule has 154 valence electrons. The van der Waals surface area contributed by atoms with E-state index in [4.69, 9.17) is 14.2 Å². The number of likely N-dealkylation sites (tertiary alicyclic amines) is 1. The summed E-state index contributed by atoms with van der Waals surface area (Å²) >= 11 is 0. The lowest BCUT2D eigenvalue weighted by Gasteiger charge is -2.44. The quantitative estimate of drug-likeness (QED) is 0.766. The Morgan fingerprint density at radius 3 is 2.46 bits per heavy atom. The predicted molar refractivity (Wildman–Crippen MR) is 108 cm³/mol. The van der Waals surface area contributed by atoms with Crippen LogP contribution in [-0.4, -0.2) is 50.3 Å². The zero-order valence-corrected chi connectivity index (χ0v) is 17.1. The zero-order chi connectivity index (χ0) is 19.4. The molecule has 1 aromatic rings. The van der Waals surface area contributed by atoms with Crippen LogP contribution in [0.4, 0.5) is 0 Å². The van der Waals surface area contributed by atoms with E-state index in [-0.39, 0.29) is 12.0 Å². The van der Waals surface area contributed by atoms with Gasteiger partial charge >= 0.3 is 0 Å². The second-order valence-corrected chi connectivity index (χ2v) is 8.64. The van der Waals surface area contributed by atoms with Gasteiger partial charge in [-0.3, -0.25) is 4.79 Å². The van der Waals surface area contributed by atoms with Crippen molar-refractivity contribution in [2.24, 2.45) is 5.41 Å². The molecule has 0 aromatic heterocycles. The summed E-state index contributed by atoms with van der Waals surface area (Å²) in [5.41, 5.74) is 1.06. The molecule has 28 heavy (non-hydrogen) atoms. The van der Waals surface area contributed by atoms with E-state index in [9.17, 15) is 4.79 Å². The molecule has 1 saturated carbocycles. The average molecular weight is 388 g/mol. The SMILES string of the molecule is COc1ccc(C(=O)N2CCC3(CCOCC3)CC2)c(OC2CCCCC2)c1. The van der Waals surface area contributed by atoms with E-state index in [0.29, 0.717) is 16.7 Å². The minimum Gasteiger partial charge on any atom is -0.497 e. The smallest absolute Gasteiger partial charge is 0.257 e. The first kappa shape index (κ1) is 19.6. The molecule has 3 aliphatic rings. The van der Waals surface area contributed by atoms with E-state index < -0.39 is 0 Å². The van der Waals surface area contributed by atoms with Crippen molar-refractivity contribution in [2.75, 3.05) is 33.4 Å². The fourth-order valence-corrected chi connectivity index (χ4v) is 4.93. The van der Waals surface area contributed by atoms with Crippen LogP contribution >= 0.6 is 0 Å². The molecule has 1 spiro atoms. The second kappa shape index (κ2) is 8.73. The maximum absolute atomic E-state index is 13.3. The minimum atomic E-state index is 0.0929. The van der Waals surface area contributed by atoms with E-state index in [2.05, 4.69) is 0 Å². The summed E-state index contributed by atoms with van der Waals surface area (Å²) in [7, 11) is 1.65. The van der Waals surface area contributed by atoms with E-state index in [1.807, 2.05) is 23.1 Å². The standard InChI is InChI=1S/C23H33NO4/c1-26-19-7-8-20(21(17-19)28-18-5-3-2-4-6-18)22(25)24-13-9-23(10-14-24)11-15-27-16-12-23/h7-8,17-18H,2-6,9-16H2,1H3. The van der Waals surface area contributed by atoms with Crippen LogP contribution in [0.25, 0.3) is 0 Å². The fourth-order valence-electron chi connectivity index (χ4n) is 4.93. The van der Waals surface area contributed by atoms with Crippen molar-refractivity contribution in [1.29, 1.82) is 0 Å². The van der Waals surface area contributed by atoms with E-state index in [1.54, 1.807) is 7.11 Å². The van der Waals surface area contributed by atoms with Gasteiger partial charge in [-0.2, -0.15) is 0 Å². The van der Waals surface area contributed by atoms with Gasteiger partial charge in [-0.1, -0.05) is 6.42 Å². The van der Waals surface area contributed by atoms with Crippen molar-refractivity contribution >= 4 is 5.91 Å². The monoisotopic (exact) mass is 387 g/mol. The van der Waals surface area contributed by atoms with E-state index in [0.717, 1.165) is 70.6 Å². The van der Waals surface area contributed by atoms with Crippen LogP contribution in [0.1, 0.15) is 68.1 Å². The molecule has 5 nitrogen and oxygen atoms in total. The summed E-state index contributed by atoms with van der Waals surface area (Å²) in [6.45, 7) is 3.39. The maximum Gasteiger partial charge on any atom is 0.257 e. The Labute approximate surface area is 168 Å². The highest BCUT2D eigenvalue weighted by Crippen LogP contribution is 2.41. The molecule has 1 amide bonds. The van der Waals surface area contributed by atoms with Crippen molar-refractivity contribution in [3.05, 3.63) is 23.8 Å². The van der Waals surface area contributed by atoms with Crippen LogP contribution in [0.5, 0.6) is 11.5 Å². The van der Waals surface area contributed by atoms with Crippen LogP contribution in [0.2, 0.25) is 0 Å². The van der Waals surface area contributed by atoms with Crippen molar-refractivity contribution < 1.29 is 19.0 Å². The molecule has 0 bridgehead atoms. The number of methoxy groups -OCH3 is 1. The first-order valence-corrected chi connectivity index (χ1v) is 10.9. The number of hydrogen-bond donors (Lipinski definition) is 0. The third-order valence-electron chi connectivity index (χ3n) is 6.93. The summed E-state index contributed by atoms with van der Waals surface area (Å²) < 4.78 is 17.2. The Morgan fingerprint density at radius 1 is 1.07 bits per heavy atom. The number of carbonyl (C=O) groups excluding carboxylic acids is 1. The molecule has 4 rings (SSSR count). The third-order valence-corrected chi connectivity index (χ3v) is 6.93. The fraction of sp³-hybridized carbons (Fsp3) is 0.696. The first-order valence-electron chi connectivity index (χ1n) is 10.9. The lowest BCUT2D eigenvalue weighted by atomic mass is 9.72. The number of piperidine rings is 1. The van der Waals surface area contributed by atoms with Gasteiger partial charge in [0.15, 0.2) is 0 Å². The maximum atomic E-state index is 13.3. The highest BCUT2D eigenvalue weighted by molar-refractivity contribution is 5.97. The Balaban J connectivity index is 1.47. The molecular weight excluding hydrogens is 354 g/mol. The third kappa shape index (κ3) is 4.29. The van der Waals surface area contributed by atoms with Gasteiger partial charge in [-0.15, -0.1) is 0 Å². The summed E-state index contributed by atoms with van der Waals surface area (Å²) in [5.74, 6) is 1.51. The zero-order valence-electron chi connectivity index (χ0n) is 17.1. The van der Waals surface area contributed by atoms with E-state index >= 15 is 0 Å². The summed E-state index contributed by atoms with van der Waals surface area (Å²) in [5, 5.41) is 0. The number of rotatable bonds is 4. The molecule has 2 saturated heterocycles. The van der Waals surface area contributed by atoms with Crippen molar-refractivity contribution in [3.63, 3.8) is 0 Å². The van der Waals surface area contributed by atoms with Gasteiger partial charge in [0.05, 0.1) is 18.8 Å². The van der Waals surface area contributed by atoms with Gasteiger partial charge < -0.3 is 19.1 Å². The van der Waals surface area contributed by atoms with Gasteiger partial charge in [0, 0.05) is 32.4 Å². The summed E-state index contributed by atoms with van der Waals surface area (Å²) in [6, 6.07) is 5.62. The van der Waals surface area contributed by atoms with E-state index in [1.165, 1.54) is 19.3 Å². The number of nitrogens with zero attached hydrogens (tertiary/aromatic N) is 1. The summed E-state index contributed by atoms with van der Waals surface area (Å²) in [4.78, 5) is 15.3.